The maximum Gasteiger partial charge on any atom is 1.00 e. The average Bonchev–Trinajstić information content (AvgIpc) is 0.918. The Labute approximate surface area is 48.5 Å². The largest absolute Gasteiger partial charge is 1.00 e. The minimum absolute atomic E-state index is 0. The standard InChI is InChI=1S/Na.H2O2P/c;1-3-2/h;3H2/q+1;-1. The zero-order chi connectivity index (χ0) is 2.71. The maximum absolute atomic E-state index is 8.46. The third kappa shape index (κ3) is 10.2. The first-order valence-corrected chi connectivity index (χ1v) is 1.41. The summed E-state index contributed by atoms with van der Waals surface area (Å²) >= 11 is 0. The summed E-state index contributed by atoms with van der Waals surface area (Å²) in [5.41, 5.74) is 0. The molecule has 0 rings (SSSR count). The second-order valence-electron chi connectivity index (χ2n) is 0.0962. The van der Waals surface area contributed by atoms with Gasteiger partial charge in [-0.1, -0.05) is 0 Å². The molecule has 4 heavy (non-hydrogen) atoms. The molecule has 0 aliphatic carbocycles. The quantitative estimate of drug-likeness (QED) is 0.220. The molecule has 0 N–H and O–H groups in total. The van der Waals surface area contributed by atoms with Crippen LogP contribution in [0.1, 0.15) is 0 Å². The smallest absolute Gasteiger partial charge is 0.687 e. The van der Waals surface area contributed by atoms with Gasteiger partial charge >= 0.3 is 29.6 Å². The molecule has 20 valence electrons. The average molecular weight is 88.0 g/mol. The van der Waals surface area contributed by atoms with E-state index in [1.165, 1.54) is 0 Å². The summed E-state index contributed by atoms with van der Waals surface area (Å²) in [6.45, 7) is 0. The SMILES string of the molecule is [Na+].[O-][PH2+][O-]. The summed E-state index contributed by atoms with van der Waals surface area (Å²) in [7, 11) is -1.75. The molecule has 0 aromatic heterocycles. The van der Waals surface area contributed by atoms with E-state index in [0.29, 0.717) is 0 Å². The minimum Gasteiger partial charge on any atom is -0.687 e. The number of hydrogen-bond donors (Lipinski definition) is 0. The normalized spacial score (nSPS) is 4.50. The Kier molecular flexibility index (Phi) is 19.9. The predicted molar refractivity (Wildman–Crippen MR) is 9.71 cm³/mol. The monoisotopic (exact) mass is 88.0 g/mol. The molecule has 0 unspecified atom stereocenters. The van der Waals surface area contributed by atoms with Gasteiger partial charge in [-0.25, -0.2) is 0 Å². The van der Waals surface area contributed by atoms with Crippen LogP contribution in [0.3, 0.4) is 0 Å². The molecule has 0 aliphatic heterocycles. The van der Waals surface area contributed by atoms with Crippen molar-refractivity contribution in [2.45, 2.75) is 0 Å². The van der Waals surface area contributed by atoms with Crippen molar-refractivity contribution < 1.29 is 39.3 Å². The third-order valence-electron chi connectivity index (χ3n) is 0. The summed E-state index contributed by atoms with van der Waals surface area (Å²) in [6, 6.07) is 0. The van der Waals surface area contributed by atoms with Crippen LogP contribution in [0.25, 0.3) is 0 Å². The van der Waals surface area contributed by atoms with Crippen LogP contribution in [-0.4, -0.2) is 0 Å². The van der Waals surface area contributed by atoms with E-state index in [2.05, 4.69) is 0 Å². The van der Waals surface area contributed by atoms with Gasteiger partial charge in [0.25, 0.3) is 0 Å². The Morgan fingerprint density at radius 3 is 1.25 bits per heavy atom. The molecule has 0 amide bonds. The van der Waals surface area contributed by atoms with Crippen molar-refractivity contribution in [2.75, 3.05) is 0 Å². The summed E-state index contributed by atoms with van der Waals surface area (Å²) < 4.78 is 0. The summed E-state index contributed by atoms with van der Waals surface area (Å²) in [5.74, 6) is 0. The molecular weight excluding hydrogens is 86.0 g/mol. The van der Waals surface area contributed by atoms with Crippen LogP contribution >= 0.6 is 9.03 Å². The van der Waals surface area contributed by atoms with Gasteiger partial charge in [0.2, 0.25) is 0 Å². The molecule has 0 aromatic rings. The van der Waals surface area contributed by atoms with Crippen LogP contribution in [0.15, 0.2) is 0 Å². The first-order chi connectivity index (χ1) is 1.41. The molecule has 0 aromatic carbocycles. The van der Waals surface area contributed by atoms with Gasteiger partial charge in [-0.05, 0) is 0 Å². The van der Waals surface area contributed by atoms with E-state index in [0.717, 1.165) is 0 Å². The second-order valence-corrected chi connectivity index (χ2v) is 0.289. The fourth-order valence-corrected chi connectivity index (χ4v) is 0. The van der Waals surface area contributed by atoms with Crippen LogP contribution in [0.2, 0.25) is 0 Å². The Morgan fingerprint density at radius 1 is 1.25 bits per heavy atom. The molecule has 0 aliphatic rings. The van der Waals surface area contributed by atoms with Gasteiger partial charge < -0.3 is 9.79 Å². The van der Waals surface area contributed by atoms with Gasteiger partial charge in [-0.3, -0.25) is 0 Å². The van der Waals surface area contributed by atoms with Crippen LogP contribution < -0.4 is 39.3 Å². The summed E-state index contributed by atoms with van der Waals surface area (Å²) in [5, 5.41) is 0. The Hall–Kier alpha value is 1.35. The van der Waals surface area contributed by atoms with Crippen molar-refractivity contribution in [1.29, 1.82) is 0 Å². The molecule has 0 atom stereocenters. The van der Waals surface area contributed by atoms with Gasteiger partial charge in [0.15, 0.2) is 0 Å². The van der Waals surface area contributed by atoms with E-state index >= 15 is 0 Å². The molecule has 4 heteroatoms. The minimum atomic E-state index is -1.75. The Morgan fingerprint density at radius 2 is 1.25 bits per heavy atom. The molecule has 0 spiro atoms. The van der Waals surface area contributed by atoms with E-state index in [-0.39, 0.29) is 29.6 Å². The van der Waals surface area contributed by atoms with Crippen LogP contribution in [-0.2, 0) is 0 Å². The third-order valence-corrected chi connectivity index (χ3v) is 0. The molecule has 0 fully saturated rings. The van der Waals surface area contributed by atoms with Gasteiger partial charge in [0, 0.05) is 0 Å². The van der Waals surface area contributed by atoms with Gasteiger partial charge in [0.1, 0.15) is 0 Å². The Bertz CT molecular complexity index is 6.00. The van der Waals surface area contributed by atoms with Crippen LogP contribution in [0, 0.1) is 0 Å². The molecule has 0 heterocycles. The molecular formula is H2NaO2P. The summed E-state index contributed by atoms with van der Waals surface area (Å²) in [6.07, 6.45) is 0. The number of hydrogen-bond acceptors (Lipinski definition) is 2. The van der Waals surface area contributed by atoms with Crippen molar-refractivity contribution in [3.8, 4) is 0 Å². The fraction of sp³-hybridized carbons (Fsp3) is 0. The van der Waals surface area contributed by atoms with Gasteiger partial charge in [-0.2, -0.15) is 0 Å². The second kappa shape index (κ2) is 8.84. The van der Waals surface area contributed by atoms with E-state index in [9.17, 15) is 0 Å². The fourth-order valence-electron chi connectivity index (χ4n) is 0. The number of rotatable bonds is 0. The first-order valence-electron chi connectivity index (χ1n) is 0.471. The first kappa shape index (κ1) is 9.02. The van der Waals surface area contributed by atoms with Crippen LogP contribution in [0.4, 0.5) is 0 Å². The van der Waals surface area contributed by atoms with Crippen molar-refractivity contribution in [3.05, 3.63) is 0 Å². The Balaban J connectivity index is 0. The van der Waals surface area contributed by atoms with Gasteiger partial charge in [0.05, 0.1) is 0 Å². The van der Waals surface area contributed by atoms with Crippen molar-refractivity contribution >= 4 is 9.03 Å². The van der Waals surface area contributed by atoms with Gasteiger partial charge in [-0.15, -0.1) is 9.03 Å². The summed E-state index contributed by atoms with van der Waals surface area (Å²) in [4.78, 5) is 16.9. The topological polar surface area (TPSA) is 46.1 Å². The molecule has 0 saturated carbocycles. The zero-order valence-corrected chi connectivity index (χ0v) is 5.55. The zero-order valence-electron chi connectivity index (χ0n) is 2.39. The molecule has 0 saturated heterocycles. The maximum atomic E-state index is 8.46. The van der Waals surface area contributed by atoms with E-state index in [1.54, 1.807) is 0 Å². The predicted octanol–water partition coefficient (Wildman–Crippen LogP) is -5.05. The molecule has 2 nitrogen and oxygen atoms in total. The van der Waals surface area contributed by atoms with E-state index in [4.69, 9.17) is 9.79 Å². The molecule has 0 radical (unpaired) electrons. The van der Waals surface area contributed by atoms with Crippen LogP contribution in [0.5, 0.6) is 0 Å². The van der Waals surface area contributed by atoms with Crippen molar-refractivity contribution in [2.24, 2.45) is 0 Å². The van der Waals surface area contributed by atoms with E-state index < -0.39 is 9.03 Å². The van der Waals surface area contributed by atoms with Crippen molar-refractivity contribution in [1.82, 2.24) is 0 Å². The molecule has 0 bridgehead atoms. The van der Waals surface area contributed by atoms with E-state index in [1.807, 2.05) is 0 Å². The van der Waals surface area contributed by atoms with Crippen molar-refractivity contribution in [3.63, 3.8) is 0 Å².